The van der Waals surface area contributed by atoms with Crippen LogP contribution in [0.25, 0.3) is 0 Å². The summed E-state index contributed by atoms with van der Waals surface area (Å²) >= 11 is 6.56. The van der Waals surface area contributed by atoms with E-state index in [9.17, 15) is 0 Å². The van der Waals surface area contributed by atoms with E-state index in [0.717, 1.165) is 39.5 Å². The van der Waals surface area contributed by atoms with Crippen molar-refractivity contribution < 1.29 is 57.5 Å². The van der Waals surface area contributed by atoms with Gasteiger partial charge in [-0.3, -0.25) is 0 Å². The molecule has 0 N–H and O–H groups in total. The molecule has 55 heavy (non-hydrogen) atoms. The van der Waals surface area contributed by atoms with Crippen LogP contribution in [0, 0.1) is 13.3 Å². The minimum atomic E-state index is 0. The van der Waals surface area contributed by atoms with Crippen LogP contribution in [0.2, 0.25) is 0 Å². The Morgan fingerprint density at radius 3 is 1.11 bits per heavy atom. The molecule has 4 aromatic carbocycles. The van der Waals surface area contributed by atoms with Gasteiger partial charge in [-0.15, -0.1) is 0 Å². The number of nitrogens with zero attached hydrogens (tertiary/aromatic N) is 8. The second kappa shape index (κ2) is 24.3. The first-order valence-electron chi connectivity index (χ1n) is 17.3. The maximum Gasteiger partial charge on any atom is 0.247 e. The minimum absolute atomic E-state index is 0. The second-order valence-corrected chi connectivity index (χ2v) is 22.6. The van der Waals surface area contributed by atoms with Crippen molar-refractivity contribution in [2.75, 3.05) is 6.67 Å². The molecule has 0 spiro atoms. The first-order chi connectivity index (χ1) is 26.1. The van der Waals surface area contributed by atoms with Gasteiger partial charge in [0.05, 0.1) is 0 Å². The van der Waals surface area contributed by atoms with Crippen LogP contribution >= 0.6 is 26.6 Å². The van der Waals surface area contributed by atoms with E-state index in [1.807, 2.05) is 0 Å². The van der Waals surface area contributed by atoms with Crippen molar-refractivity contribution in [1.82, 2.24) is 28.7 Å². The van der Waals surface area contributed by atoms with Gasteiger partial charge in [0, 0.05) is 19.8 Å². The van der Waals surface area contributed by atoms with Crippen LogP contribution in [0.3, 0.4) is 0 Å². The van der Waals surface area contributed by atoms with E-state index in [2.05, 4.69) is 261 Å². The van der Waals surface area contributed by atoms with Crippen molar-refractivity contribution in [3.8, 4) is 0 Å². The van der Waals surface area contributed by atoms with Gasteiger partial charge < -0.3 is 53.6 Å². The molecule has 0 amide bonds. The van der Waals surface area contributed by atoms with Gasteiger partial charge in [-0.05, 0) is 47.1 Å². The number of benzene rings is 4. The van der Waals surface area contributed by atoms with Gasteiger partial charge in [-0.2, -0.15) is 22.5 Å². The summed E-state index contributed by atoms with van der Waals surface area (Å²) in [5.41, 5.74) is 5.25. The molecule has 0 saturated heterocycles. The molecule has 0 unspecified atom stereocenters. The third-order valence-electron chi connectivity index (χ3n) is 8.47. The van der Waals surface area contributed by atoms with Crippen LogP contribution in [0.5, 0.6) is 0 Å². The molecule has 8 nitrogen and oxygen atoms in total. The van der Waals surface area contributed by atoms with Crippen LogP contribution < -0.4 is 43.1 Å². The Hall–Kier alpha value is -3.41. The number of imidazole rings is 2. The molecular formula is C42H44Br4N8Pt. The van der Waals surface area contributed by atoms with Crippen molar-refractivity contribution in [3.05, 3.63) is 219 Å². The average Bonchev–Trinajstić information content (AvgIpc) is 4.02. The summed E-state index contributed by atoms with van der Waals surface area (Å²) in [6, 6.07) is 42.1. The second-order valence-electron chi connectivity index (χ2n) is 12.7. The molecule has 2 aliphatic rings. The van der Waals surface area contributed by atoms with E-state index in [-0.39, 0.29) is 48.4 Å². The molecule has 0 aliphatic carbocycles. The zero-order valence-electron chi connectivity index (χ0n) is 30.1. The Morgan fingerprint density at radius 2 is 0.764 bits per heavy atom. The van der Waals surface area contributed by atoms with Crippen molar-refractivity contribution in [1.29, 1.82) is 0 Å². The molecule has 8 rings (SSSR count). The third-order valence-corrected chi connectivity index (χ3v) is 8.47. The summed E-state index contributed by atoms with van der Waals surface area (Å²) in [4.78, 5) is 8.79. The SMILES string of the molecule is C1=CN(CN2C=CN(Cc3ccccc3)[CH-]2)[CH-]N1Cc1ccccc1.[Br-].[Br-].[Br][Pt+2][Br].c1ccc(Cn2cc[n+](C[n+]3ccn(Cc4ccccc4)c3)c2)cc1. The van der Waals surface area contributed by atoms with E-state index in [4.69, 9.17) is 0 Å². The zero-order valence-corrected chi connectivity index (χ0v) is 38.7. The predicted molar refractivity (Wildman–Crippen MR) is 213 cm³/mol. The summed E-state index contributed by atoms with van der Waals surface area (Å²) < 4.78 is 8.79. The Kier molecular flexibility index (Phi) is 19.6. The number of hydrogen-bond acceptors (Lipinski definition) is 4. The molecule has 0 atom stereocenters. The Morgan fingerprint density at radius 1 is 0.455 bits per heavy atom. The molecule has 2 aliphatic heterocycles. The van der Waals surface area contributed by atoms with E-state index >= 15 is 0 Å². The van der Waals surface area contributed by atoms with Gasteiger partial charge in [0.2, 0.25) is 19.3 Å². The van der Waals surface area contributed by atoms with Gasteiger partial charge in [0.25, 0.3) is 0 Å². The molecule has 290 valence electrons. The molecule has 0 bridgehead atoms. The molecule has 0 fully saturated rings. The Bertz CT molecular complexity index is 1840. The van der Waals surface area contributed by atoms with Gasteiger partial charge in [0.1, 0.15) is 37.9 Å². The third kappa shape index (κ3) is 15.2. The standard InChI is InChI=1S/2C21H22N4.4BrH.Pt/c2*1-3-7-20(8-4-1)15-22-11-13-24(17-22)19-25-14-12-23(18-25)16-21-9-5-2-6-10-21;;;;;/h2*1-14,17-18H,15-16,19H2;4*1H;/q-2;+2;;;;;+4/p-4. The molecule has 0 saturated carbocycles. The van der Waals surface area contributed by atoms with E-state index in [1.54, 1.807) is 0 Å². The fraction of sp³-hybridized carbons (Fsp3) is 0.143. The number of halogens is 4. The molecule has 0 radical (unpaired) electrons. The molecule has 4 heterocycles. The Labute approximate surface area is 368 Å². The molecule has 6 aromatic rings. The number of rotatable bonds is 12. The maximum atomic E-state index is 3.17. The smallest absolute Gasteiger partial charge is 0.233 e. The van der Waals surface area contributed by atoms with Crippen molar-refractivity contribution >= 4 is 26.6 Å². The summed E-state index contributed by atoms with van der Waals surface area (Å²) in [7, 11) is 0. The summed E-state index contributed by atoms with van der Waals surface area (Å²) in [6.07, 6.45) is 21.2. The fourth-order valence-corrected chi connectivity index (χ4v) is 6.02. The van der Waals surface area contributed by atoms with Crippen molar-refractivity contribution in [2.45, 2.75) is 32.8 Å². The van der Waals surface area contributed by atoms with Crippen LogP contribution in [0.1, 0.15) is 22.3 Å². The summed E-state index contributed by atoms with van der Waals surface area (Å²) in [6.45, 7) is 9.50. The van der Waals surface area contributed by atoms with E-state index in [1.165, 1.54) is 22.3 Å². The van der Waals surface area contributed by atoms with Gasteiger partial charge in [-0.1, -0.05) is 121 Å². The fourth-order valence-electron chi connectivity index (χ4n) is 6.02. The summed E-state index contributed by atoms with van der Waals surface area (Å²) in [5.74, 6) is 0. The van der Waals surface area contributed by atoms with Gasteiger partial charge in [0.15, 0.2) is 0 Å². The molecule has 2 aromatic heterocycles. The van der Waals surface area contributed by atoms with Crippen molar-refractivity contribution in [2.24, 2.45) is 0 Å². The Balaban J connectivity index is 0.000000221. The van der Waals surface area contributed by atoms with E-state index < -0.39 is 0 Å². The average molecular weight is 1180 g/mol. The first-order valence-corrected chi connectivity index (χ1v) is 27.2. The molecular weight excluding hydrogens is 1130 g/mol. The van der Waals surface area contributed by atoms with Crippen LogP contribution in [-0.2, 0) is 47.3 Å². The van der Waals surface area contributed by atoms with Crippen LogP contribution in [0.15, 0.2) is 184 Å². The number of hydrogen-bond donors (Lipinski definition) is 0. The van der Waals surface area contributed by atoms with Crippen molar-refractivity contribution in [3.63, 3.8) is 0 Å². The summed E-state index contributed by atoms with van der Waals surface area (Å²) in [5, 5.41) is 0. The monoisotopic (exact) mass is 1170 g/mol. The minimum Gasteiger partial charge on any atom is -0.233 e. The largest absolute Gasteiger partial charge is 0.247 e. The van der Waals surface area contributed by atoms with Crippen LogP contribution in [-0.4, -0.2) is 35.4 Å². The first kappa shape index (κ1) is 44.3. The zero-order chi connectivity index (χ0) is 36.5. The van der Waals surface area contributed by atoms with E-state index in [0.29, 0.717) is 0 Å². The predicted octanol–water partition coefficient (Wildman–Crippen LogP) is 1.92. The number of aromatic nitrogens is 4. The normalized spacial score (nSPS) is 12.8. The maximum absolute atomic E-state index is 3.17. The van der Waals surface area contributed by atoms with Crippen LogP contribution in [0.4, 0.5) is 0 Å². The molecule has 13 heteroatoms. The topological polar surface area (TPSA) is 30.6 Å². The quantitative estimate of drug-likeness (QED) is 0.139. The van der Waals surface area contributed by atoms with Gasteiger partial charge in [-0.25, -0.2) is 9.13 Å². The van der Waals surface area contributed by atoms with Gasteiger partial charge >= 0.3 is 41.0 Å².